The van der Waals surface area contributed by atoms with Gasteiger partial charge in [-0.1, -0.05) is 0 Å². The highest BCUT2D eigenvalue weighted by Crippen LogP contribution is 2.34. The van der Waals surface area contributed by atoms with Gasteiger partial charge < -0.3 is 14.8 Å². The van der Waals surface area contributed by atoms with Crippen LogP contribution in [-0.4, -0.2) is 54.1 Å². The smallest absolute Gasteiger partial charge is 0.320 e. The summed E-state index contributed by atoms with van der Waals surface area (Å²) in [5.41, 5.74) is 2.84. The zero-order valence-electron chi connectivity index (χ0n) is 18.0. The van der Waals surface area contributed by atoms with E-state index in [0.29, 0.717) is 29.2 Å². The average molecular weight is 458 g/mol. The molecule has 0 saturated carbocycles. The highest BCUT2D eigenvalue weighted by Gasteiger charge is 2.28. The van der Waals surface area contributed by atoms with Gasteiger partial charge in [0.25, 0.3) is 5.69 Å². The van der Waals surface area contributed by atoms with E-state index >= 15 is 0 Å². The van der Waals surface area contributed by atoms with Gasteiger partial charge in [-0.2, -0.15) is 5.10 Å². The first kappa shape index (κ1) is 22.9. The minimum Gasteiger partial charge on any atom is -0.493 e. The number of non-ortho nitro benzene ring substituents is 1. The Labute approximate surface area is 190 Å². The van der Waals surface area contributed by atoms with Crippen molar-refractivity contribution in [2.75, 3.05) is 21.3 Å². The molecule has 1 aliphatic rings. The number of fused-ring (bicyclic) bond motifs is 1. The van der Waals surface area contributed by atoms with Gasteiger partial charge in [-0.05, 0) is 55.4 Å². The van der Waals surface area contributed by atoms with Crippen LogP contribution >= 0.6 is 12.2 Å². The molecule has 168 valence electrons. The minimum absolute atomic E-state index is 0.0301. The average Bonchev–Trinajstić information content (AvgIpc) is 2.93. The number of benzene rings is 2. The first-order valence-electron chi connectivity index (χ1n) is 9.69. The molecule has 10 nitrogen and oxygen atoms in total. The van der Waals surface area contributed by atoms with Gasteiger partial charge in [0.15, 0.2) is 16.6 Å². The van der Waals surface area contributed by atoms with Gasteiger partial charge in [0.2, 0.25) is 0 Å². The molecule has 0 fully saturated rings. The van der Waals surface area contributed by atoms with Crippen LogP contribution in [-0.2, 0) is 6.42 Å². The fourth-order valence-corrected chi connectivity index (χ4v) is 3.71. The third-order valence-electron chi connectivity index (χ3n) is 5.01. The van der Waals surface area contributed by atoms with Gasteiger partial charge in [0.05, 0.1) is 30.9 Å². The predicted molar refractivity (Wildman–Crippen MR) is 123 cm³/mol. The molecule has 11 heteroatoms. The molecule has 2 aromatic carbocycles. The van der Waals surface area contributed by atoms with E-state index in [0.717, 1.165) is 11.1 Å². The minimum atomic E-state index is -0.461. The van der Waals surface area contributed by atoms with E-state index in [4.69, 9.17) is 26.8 Å². The molecule has 0 aromatic heterocycles. The number of amides is 2. The summed E-state index contributed by atoms with van der Waals surface area (Å²) in [6.07, 6.45) is 0.547. The van der Waals surface area contributed by atoms with Crippen LogP contribution in [0.2, 0.25) is 0 Å². The number of ether oxygens (including phenoxy) is 2. The molecule has 1 heterocycles. The van der Waals surface area contributed by atoms with E-state index in [9.17, 15) is 14.9 Å². The summed E-state index contributed by atoms with van der Waals surface area (Å²) in [6, 6.07) is 9.12. The van der Waals surface area contributed by atoms with E-state index in [-0.39, 0.29) is 16.8 Å². The molecule has 0 bridgehead atoms. The number of hydrazone groups is 1. The molecule has 32 heavy (non-hydrogen) atoms. The Kier molecular flexibility index (Phi) is 6.89. The highest BCUT2D eigenvalue weighted by atomic mass is 32.1. The maximum Gasteiger partial charge on any atom is 0.320 e. The fraction of sp³-hybridized carbons (Fsp3) is 0.286. The van der Waals surface area contributed by atoms with Crippen LogP contribution in [0, 0.1) is 10.1 Å². The summed E-state index contributed by atoms with van der Waals surface area (Å²) in [5.74, 6) is 1.09. The first-order valence-corrected chi connectivity index (χ1v) is 10.1. The third kappa shape index (κ3) is 4.62. The number of hydrogen-bond donors (Lipinski definition) is 2. The molecule has 1 aliphatic heterocycles. The molecule has 1 atom stereocenters. The lowest BCUT2D eigenvalue weighted by atomic mass is 9.94. The quantitative estimate of drug-likeness (QED) is 0.412. The molecule has 2 N–H and O–H groups in total. The molecule has 3 rings (SSSR count). The van der Waals surface area contributed by atoms with Gasteiger partial charge >= 0.3 is 6.03 Å². The van der Waals surface area contributed by atoms with Crippen molar-refractivity contribution in [3.8, 4) is 11.5 Å². The van der Waals surface area contributed by atoms with Gasteiger partial charge in [-0.25, -0.2) is 9.80 Å². The number of carbonyl (C=O) groups is 1. The van der Waals surface area contributed by atoms with Gasteiger partial charge in [-0.15, -0.1) is 0 Å². The first-order chi connectivity index (χ1) is 15.3. The fourth-order valence-electron chi connectivity index (χ4n) is 3.39. The van der Waals surface area contributed by atoms with Crippen LogP contribution in [0.15, 0.2) is 41.5 Å². The van der Waals surface area contributed by atoms with Gasteiger partial charge in [0.1, 0.15) is 0 Å². The van der Waals surface area contributed by atoms with Crippen molar-refractivity contribution < 1.29 is 19.2 Å². The third-order valence-corrected chi connectivity index (χ3v) is 5.30. The lowest BCUT2D eigenvalue weighted by Crippen LogP contribution is -2.47. The Bertz CT molecular complexity index is 1090. The van der Waals surface area contributed by atoms with Crippen LogP contribution in [0.4, 0.5) is 10.5 Å². The van der Waals surface area contributed by atoms with Crippen LogP contribution in [0.1, 0.15) is 23.6 Å². The molecule has 0 aliphatic carbocycles. The largest absolute Gasteiger partial charge is 0.493 e. The second-order valence-electron chi connectivity index (χ2n) is 7.02. The Morgan fingerprint density at radius 3 is 2.41 bits per heavy atom. The van der Waals surface area contributed by atoms with Crippen LogP contribution < -0.4 is 20.1 Å². The van der Waals surface area contributed by atoms with E-state index in [1.165, 1.54) is 19.2 Å². The van der Waals surface area contributed by atoms with Crippen molar-refractivity contribution in [2.45, 2.75) is 19.4 Å². The molecule has 0 unspecified atom stereocenters. The number of hydrogen-bond acceptors (Lipinski definition) is 7. The number of nitrogens with one attached hydrogen (secondary N) is 2. The molecular weight excluding hydrogens is 434 g/mol. The lowest BCUT2D eigenvalue weighted by Gasteiger charge is -2.25. The number of methoxy groups -OCH3 is 2. The predicted octanol–water partition coefficient (Wildman–Crippen LogP) is 2.82. The summed E-state index contributed by atoms with van der Waals surface area (Å²) in [6.45, 7) is 1.93. The SMILES string of the molecule is CNC(=O)NC(=S)N1N=C(c2ccc([N+](=O)[O-])cc2)c2cc(OC)c(OC)cc2C[C@H]1C. The Balaban J connectivity index is 2.18. The van der Waals surface area contributed by atoms with Crippen molar-refractivity contribution in [2.24, 2.45) is 5.10 Å². The summed E-state index contributed by atoms with van der Waals surface area (Å²) >= 11 is 5.43. The molecule has 0 radical (unpaired) electrons. The number of nitrogens with zero attached hydrogens (tertiary/aromatic N) is 3. The zero-order valence-corrected chi connectivity index (χ0v) is 18.9. The molecule has 0 saturated heterocycles. The number of urea groups is 1. The Hall–Kier alpha value is -3.73. The van der Waals surface area contributed by atoms with Crippen molar-refractivity contribution in [3.63, 3.8) is 0 Å². The second-order valence-corrected chi connectivity index (χ2v) is 7.41. The van der Waals surface area contributed by atoms with E-state index in [1.54, 1.807) is 31.4 Å². The van der Waals surface area contributed by atoms with Crippen LogP contribution in [0.3, 0.4) is 0 Å². The van der Waals surface area contributed by atoms with Crippen molar-refractivity contribution in [3.05, 3.63) is 63.2 Å². The summed E-state index contributed by atoms with van der Waals surface area (Å²) in [4.78, 5) is 22.4. The summed E-state index contributed by atoms with van der Waals surface area (Å²) < 4.78 is 10.9. The van der Waals surface area contributed by atoms with Gasteiger partial charge in [-0.3, -0.25) is 15.4 Å². The second kappa shape index (κ2) is 9.60. The topological polar surface area (TPSA) is 118 Å². The van der Waals surface area contributed by atoms with Crippen molar-refractivity contribution in [1.82, 2.24) is 15.6 Å². The van der Waals surface area contributed by atoms with Gasteiger partial charge in [0, 0.05) is 30.3 Å². The maximum absolute atomic E-state index is 11.8. The Morgan fingerprint density at radius 1 is 1.22 bits per heavy atom. The zero-order chi connectivity index (χ0) is 23.4. The van der Waals surface area contributed by atoms with E-state index < -0.39 is 11.0 Å². The maximum atomic E-state index is 11.8. The number of thiocarbonyl (C=S) groups is 1. The standard InChI is InChI=1S/C21H23N5O5S/c1-12-9-14-10-17(30-3)18(31-4)11-16(14)19(13-5-7-15(8-6-13)26(28)29)24-25(12)21(32)23-20(27)22-2/h5-8,10-12H,9H2,1-4H3,(H2,22,23,27,32)/t12-/m1/s1. The number of nitro benzene ring substituents is 1. The van der Waals surface area contributed by atoms with Crippen LogP contribution in [0.25, 0.3) is 0 Å². The molecule has 2 amide bonds. The monoisotopic (exact) mass is 457 g/mol. The number of rotatable bonds is 4. The highest BCUT2D eigenvalue weighted by molar-refractivity contribution is 7.80. The summed E-state index contributed by atoms with van der Waals surface area (Å²) in [5, 5.41) is 22.6. The summed E-state index contributed by atoms with van der Waals surface area (Å²) in [7, 11) is 4.59. The number of nitro groups is 1. The lowest BCUT2D eigenvalue weighted by molar-refractivity contribution is -0.384. The van der Waals surface area contributed by atoms with E-state index in [1.807, 2.05) is 19.1 Å². The van der Waals surface area contributed by atoms with Crippen molar-refractivity contribution in [1.29, 1.82) is 0 Å². The number of carbonyl (C=O) groups excluding carboxylic acids is 1. The normalized spacial score (nSPS) is 15.1. The van der Waals surface area contributed by atoms with Crippen LogP contribution in [0.5, 0.6) is 11.5 Å². The molecule has 2 aromatic rings. The van der Waals surface area contributed by atoms with E-state index in [2.05, 4.69) is 10.6 Å². The molecule has 0 spiro atoms. The van der Waals surface area contributed by atoms with Crippen molar-refractivity contribution >= 4 is 34.8 Å². The Morgan fingerprint density at radius 2 is 1.84 bits per heavy atom. The molecular formula is C21H23N5O5S.